The molecule has 1 aromatic heterocycles. The van der Waals surface area contributed by atoms with Gasteiger partial charge in [-0.25, -0.2) is 4.98 Å². The molecule has 0 aromatic carbocycles. The van der Waals surface area contributed by atoms with Gasteiger partial charge in [-0.15, -0.1) is 0 Å². The van der Waals surface area contributed by atoms with Crippen LogP contribution in [0.4, 0.5) is 5.82 Å². The zero-order chi connectivity index (χ0) is 14.1. The van der Waals surface area contributed by atoms with Crippen LogP contribution in [-0.4, -0.2) is 22.6 Å². The number of pyridine rings is 1. The van der Waals surface area contributed by atoms with E-state index in [0.717, 1.165) is 30.8 Å². The van der Waals surface area contributed by atoms with Gasteiger partial charge in [0.05, 0.1) is 5.56 Å². The number of fused-ring (bicyclic) bond motifs is 1. The van der Waals surface area contributed by atoms with Crippen molar-refractivity contribution in [1.82, 2.24) is 4.98 Å². The molecule has 0 spiro atoms. The molecule has 0 atom stereocenters. The summed E-state index contributed by atoms with van der Waals surface area (Å²) in [4.78, 5) is 7.89. The second-order valence-electron chi connectivity index (χ2n) is 5.96. The second-order valence-corrected chi connectivity index (χ2v) is 6.40. The van der Waals surface area contributed by atoms with E-state index in [1.807, 2.05) is 0 Å². The minimum atomic E-state index is 0.490. The van der Waals surface area contributed by atoms with Crippen LogP contribution in [0, 0.1) is 0 Å². The fraction of sp³-hybridized carbons (Fsp3) is 0.625. The molecule has 2 aliphatic carbocycles. The Labute approximate surface area is 126 Å². The fourth-order valence-electron chi connectivity index (χ4n) is 3.04. The highest BCUT2D eigenvalue weighted by Crippen LogP contribution is 2.35. The Balaban J connectivity index is 1.98. The van der Waals surface area contributed by atoms with Gasteiger partial charge in [-0.05, 0) is 50.2 Å². The van der Waals surface area contributed by atoms with Crippen molar-refractivity contribution < 1.29 is 0 Å². The molecule has 2 N–H and O–H groups in total. The summed E-state index contributed by atoms with van der Waals surface area (Å²) in [5.41, 5.74) is 9.57. The average Bonchev–Trinajstić information content (AvgIpc) is 3.16. The van der Waals surface area contributed by atoms with E-state index in [1.165, 1.54) is 43.4 Å². The first-order valence-corrected chi connectivity index (χ1v) is 8.20. The van der Waals surface area contributed by atoms with Gasteiger partial charge in [0.1, 0.15) is 10.8 Å². The van der Waals surface area contributed by atoms with E-state index in [0.29, 0.717) is 11.0 Å². The molecular formula is C16H23N3S. The maximum Gasteiger partial charge on any atom is 0.139 e. The van der Waals surface area contributed by atoms with Gasteiger partial charge in [-0.2, -0.15) is 0 Å². The van der Waals surface area contributed by atoms with Crippen molar-refractivity contribution in [3.63, 3.8) is 0 Å². The molecule has 1 saturated carbocycles. The van der Waals surface area contributed by atoms with E-state index in [4.69, 9.17) is 22.9 Å². The van der Waals surface area contributed by atoms with Crippen molar-refractivity contribution in [2.24, 2.45) is 5.73 Å². The van der Waals surface area contributed by atoms with E-state index < -0.39 is 0 Å². The van der Waals surface area contributed by atoms with Crippen LogP contribution in [0.15, 0.2) is 6.07 Å². The lowest BCUT2D eigenvalue weighted by Gasteiger charge is -2.26. The van der Waals surface area contributed by atoms with Gasteiger partial charge < -0.3 is 10.6 Å². The maximum atomic E-state index is 5.96. The minimum absolute atomic E-state index is 0.490. The molecule has 1 aromatic rings. The van der Waals surface area contributed by atoms with Gasteiger partial charge in [0.15, 0.2) is 0 Å². The quantitative estimate of drug-likeness (QED) is 0.818. The smallest absolute Gasteiger partial charge is 0.139 e. The van der Waals surface area contributed by atoms with Gasteiger partial charge in [-0.1, -0.05) is 25.6 Å². The molecule has 0 unspecified atom stereocenters. The predicted octanol–water partition coefficient (Wildman–Crippen LogP) is 2.97. The zero-order valence-corrected chi connectivity index (χ0v) is 13.0. The largest absolute Gasteiger partial charge is 0.389 e. The summed E-state index contributed by atoms with van der Waals surface area (Å²) < 4.78 is 0. The molecule has 0 radical (unpaired) electrons. The number of anilines is 1. The highest BCUT2D eigenvalue weighted by molar-refractivity contribution is 7.80. The van der Waals surface area contributed by atoms with Crippen LogP contribution in [0.3, 0.4) is 0 Å². The van der Waals surface area contributed by atoms with Gasteiger partial charge in [0.2, 0.25) is 0 Å². The molecule has 1 fully saturated rings. The summed E-state index contributed by atoms with van der Waals surface area (Å²) in [6.07, 6.45) is 8.39. The third-order valence-corrected chi connectivity index (χ3v) is 4.53. The second kappa shape index (κ2) is 5.68. The summed E-state index contributed by atoms with van der Waals surface area (Å²) in [6.45, 7) is 3.30. The van der Waals surface area contributed by atoms with Crippen LogP contribution in [0.5, 0.6) is 0 Å². The molecule has 3 rings (SSSR count). The topological polar surface area (TPSA) is 42.2 Å². The number of hydrogen-bond acceptors (Lipinski definition) is 3. The van der Waals surface area contributed by atoms with Crippen LogP contribution in [0.1, 0.15) is 55.8 Å². The molecule has 0 amide bonds. The fourth-order valence-corrected chi connectivity index (χ4v) is 3.19. The summed E-state index contributed by atoms with van der Waals surface area (Å²) in [6, 6.07) is 2.86. The number of aryl methyl sites for hydroxylation is 2. The first-order chi connectivity index (χ1) is 9.70. The first kappa shape index (κ1) is 13.8. The van der Waals surface area contributed by atoms with E-state index >= 15 is 0 Å². The Morgan fingerprint density at radius 2 is 2.25 bits per heavy atom. The molecule has 20 heavy (non-hydrogen) atoms. The zero-order valence-electron chi connectivity index (χ0n) is 12.2. The molecule has 0 saturated heterocycles. The highest BCUT2D eigenvalue weighted by Gasteiger charge is 2.32. The van der Waals surface area contributed by atoms with Crippen LogP contribution in [0.2, 0.25) is 0 Å². The summed E-state index contributed by atoms with van der Waals surface area (Å²) >= 11 is 5.27. The summed E-state index contributed by atoms with van der Waals surface area (Å²) in [7, 11) is 0. The number of unbranched alkanes of at least 4 members (excludes halogenated alkanes) is 1. The van der Waals surface area contributed by atoms with Crippen LogP contribution in [0.25, 0.3) is 0 Å². The lowest BCUT2D eigenvalue weighted by Crippen LogP contribution is -2.31. The van der Waals surface area contributed by atoms with E-state index in [2.05, 4.69) is 17.9 Å². The first-order valence-electron chi connectivity index (χ1n) is 7.80. The lowest BCUT2D eigenvalue weighted by molar-refractivity contribution is 0.702. The minimum Gasteiger partial charge on any atom is -0.389 e. The Bertz CT molecular complexity index is 523. The summed E-state index contributed by atoms with van der Waals surface area (Å²) in [5.74, 6) is 1.05. The number of aromatic nitrogens is 1. The highest BCUT2D eigenvalue weighted by atomic mass is 32.1. The molecular weight excluding hydrogens is 266 g/mol. The SMILES string of the molecule is CCCCN(c1nc2c(cc1C(N)=S)CCC2)C1CC1. The van der Waals surface area contributed by atoms with Crippen LogP contribution >= 0.6 is 12.2 Å². The Morgan fingerprint density at radius 3 is 2.90 bits per heavy atom. The third-order valence-electron chi connectivity index (χ3n) is 4.31. The van der Waals surface area contributed by atoms with Crippen molar-refractivity contribution in [2.75, 3.05) is 11.4 Å². The Hall–Kier alpha value is -1.16. The van der Waals surface area contributed by atoms with Gasteiger partial charge in [-0.3, -0.25) is 0 Å². The molecule has 0 aliphatic heterocycles. The number of rotatable bonds is 6. The number of nitrogens with zero attached hydrogens (tertiary/aromatic N) is 2. The normalized spacial score (nSPS) is 17.1. The number of thiocarbonyl (C=S) groups is 1. The molecule has 108 valence electrons. The third kappa shape index (κ3) is 2.66. The van der Waals surface area contributed by atoms with Crippen LogP contribution < -0.4 is 10.6 Å². The van der Waals surface area contributed by atoms with E-state index in [1.54, 1.807) is 0 Å². The van der Waals surface area contributed by atoms with Crippen molar-refractivity contribution in [3.05, 3.63) is 22.9 Å². The Kier molecular flexibility index (Phi) is 3.92. The maximum absolute atomic E-state index is 5.96. The molecule has 1 heterocycles. The Morgan fingerprint density at radius 1 is 1.45 bits per heavy atom. The van der Waals surface area contributed by atoms with Crippen molar-refractivity contribution in [2.45, 2.75) is 57.9 Å². The number of hydrogen-bond donors (Lipinski definition) is 1. The van der Waals surface area contributed by atoms with Crippen molar-refractivity contribution in [3.8, 4) is 0 Å². The summed E-state index contributed by atoms with van der Waals surface area (Å²) in [5, 5.41) is 0. The predicted molar refractivity (Wildman–Crippen MR) is 87.4 cm³/mol. The van der Waals surface area contributed by atoms with Gasteiger partial charge in [0, 0.05) is 18.3 Å². The molecule has 3 nitrogen and oxygen atoms in total. The van der Waals surface area contributed by atoms with E-state index in [-0.39, 0.29) is 0 Å². The monoisotopic (exact) mass is 289 g/mol. The average molecular weight is 289 g/mol. The van der Waals surface area contributed by atoms with E-state index in [9.17, 15) is 0 Å². The van der Waals surface area contributed by atoms with Crippen molar-refractivity contribution in [1.29, 1.82) is 0 Å². The number of nitrogens with two attached hydrogens (primary N) is 1. The van der Waals surface area contributed by atoms with Crippen molar-refractivity contribution >= 4 is 23.0 Å². The molecule has 0 bridgehead atoms. The van der Waals surface area contributed by atoms with Crippen LogP contribution in [-0.2, 0) is 12.8 Å². The lowest BCUT2D eigenvalue weighted by atomic mass is 10.1. The van der Waals surface area contributed by atoms with Gasteiger partial charge in [0.25, 0.3) is 0 Å². The molecule has 2 aliphatic rings. The van der Waals surface area contributed by atoms with Gasteiger partial charge >= 0.3 is 0 Å². The standard InChI is InChI=1S/C16H23N3S/c1-2-3-9-19(12-7-8-12)16-13(15(17)20)10-11-5-4-6-14(11)18-16/h10,12H,2-9H2,1H3,(H2,17,20). The molecule has 4 heteroatoms.